The maximum absolute atomic E-state index is 13.7. The Labute approximate surface area is 111 Å². The molecule has 1 atom stereocenters. The number of rotatable bonds is 3. The summed E-state index contributed by atoms with van der Waals surface area (Å²) in [5.74, 6) is -0.319. The van der Waals surface area contributed by atoms with Crippen molar-refractivity contribution < 1.29 is 9.50 Å². The lowest BCUT2D eigenvalue weighted by molar-refractivity contribution is 0.0479. The first-order valence-electron chi connectivity index (χ1n) is 6.46. The van der Waals surface area contributed by atoms with Crippen LogP contribution in [-0.4, -0.2) is 34.7 Å². The van der Waals surface area contributed by atoms with E-state index in [9.17, 15) is 9.50 Å². The Morgan fingerprint density at radius 2 is 2.22 bits per heavy atom. The number of aliphatic hydroxyl groups is 1. The Balaban J connectivity index is 1.71. The van der Waals surface area contributed by atoms with Crippen LogP contribution in [-0.2, 0) is 6.42 Å². The van der Waals surface area contributed by atoms with Crippen molar-refractivity contribution in [3.63, 3.8) is 0 Å². The Bertz CT molecular complexity index is 463. The summed E-state index contributed by atoms with van der Waals surface area (Å²) in [5.41, 5.74) is -0.225. The smallest absolute Gasteiger partial charge is 0.127 e. The van der Waals surface area contributed by atoms with Gasteiger partial charge >= 0.3 is 0 Å². The van der Waals surface area contributed by atoms with E-state index in [0.29, 0.717) is 29.6 Å². The number of nitrogens with zero attached hydrogens (tertiary/aromatic N) is 1. The summed E-state index contributed by atoms with van der Waals surface area (Å²) in [6.45, 7) is 1.59. The number of benzene rings is 1. The van der Waals surface area contributed by atoms with Crippen LogP contribution in [0.5, 0.6) is 0 Å². The van der Waals surface area contributed by atoms with Gasteiger partial charge in [-0.25, -0.2) is 4.39 Å². The van der Waals surface area contributed by atoms with E-state index in [4.69, 9.17) is 11.6 Å². The average Bonchev–Trinajstić information content (AvgIpc) is 3.08. The number of likely N-dealkylation sites (tertiary alicyclic amines) is 1. The van der Waals surface area contributed by atoms with Gasteiger partial charge in [0.25, 0.3) is 0 Å². The van der Waals surface area contributed by atoms with E-state index in [1.54, 1.807) is 12.1 Å². The topological polar surface area (TPSA) is 23.5 Å². The fraction of sp³-hybridized carbons (Fsp3) is 0.571. The van der Waals surface area contributed by atoms with Crippen molar-refractivity contribution in [1.82, 2.24) is 4.90 Å². The number of halogens is 2. The van der Waals surface area contributed by atoms with Gasteiger partial charge in [-0.15, -0.1) is 0 Å². The summed E-state index contributed by atoms with van der Waals surface area (Å²) in [4.78, 5) is 2.33. The average molecular weight is 270 g/mol. The molecule has 1 aromatic carbocycles. The number of β-amino-alcohol motifs (C(OH)–C–C–N with tert-alkyl or cyclic N) is 1. The molecule has 0 radical (unpaired) electrons. The van der Waals surface area contributed by atoms with Crippen LogP contribution in [0.25, 0.3) is 0 Å². The molecule has 1 N–H and O–H groups in total. The second-order valence-electron chi connectivity index (χ2n) is 5.59. The summed E-state index contributed by atoms with van der Waals surface area (Å²) >= 11 is 5.73. The highest BCUT2D eigenvalue weighted by atomic mass is 35.5. The lowest BCUT2D eigenvalue weighted by atomic mass is 9.93. The Morgan fingerprint density at radius 1 is 1.44 bits per heavy atom. The molecule has 1 aromatic rings. The zero-order chi connectivity index (χ0) is 12.8. The van der Waals surface area contributed by atoms with Crippen molar-refractivity contribution in [2.75, 3.05) is 13.1 Å². The summed E-state index contributed by atoms with van der Waals surface area (Å²) < 4.78 is 13.7. The molecule has 1 saturated heterocycles. The van der Waals surface area contributed by atoms with Crippen LogP contribution in [0.2, 0.25) is 5.02 Å². The predicted molar refractivity (Wildman–Crippen MR) is 69.3 cm³/mol. The van der Waals surface area contributed by atoms with Gasteiger partial charge in [-0.05, 0) is 37.0 Å². The van der Waals surface area contributed by atoms with Crippen LogP contribution in [0, 0.1) is 5.82 Å². The zero-order valence-corrected chi connectivity index (χ0v) is 11.0. The van der Waals surface area contributed by atoms with Gasteiger partial charge in [-0.1, -0.05) is 17.7 Å². The second kappa shape index (κ2) is 4.48. The molecule has 98 valence electrons. The highest BCUT2D eigenvalue weighted by molar-refractivity contribution is 6.30. The Kier molecular flexibility index (Phi) is 3.08. The highest BCUT2D eigenvalue weighted by Gasteiger charge is 2.42. The summed E-state index contributed by atoms with van der Waals surface area (Å²) in [7, 11) is 0. The molecule has 2 nitrogen and oxygen atoms in total. The van der Waals surface area contributed by atoms with Crippen LogP contribution in [0.4, 0.5) is 4.39 Å². The minimum atomic E-state index is -0.780. The molecule has 1 saturated carbocycles. The molecule has 0 aromatic heterocycles. The van der Waals surface area contributed by atoms with Gasteiger partial charge in [0.15, 0.2) is 0 Å². The molecule has 1 aliphatic heterocycles. The van der Waals surface area contributed by atoms with Gasteiger partial charge in [0.2, 0.25) is 0 Å². The molecule has 1 unspecified atom stereocenters. The molecular formula is C14H17ClFNO. The third kappa shape index (κ3) is 2.53. The third-order valence-corrected chi connectivity index (χ3v) is 4.19. The molecule has 3 rings (SSSR count). The fourth-order valence-electron chi connectivity index (χ4n) is 2.80. The normalized spacial score (nSPS) is 28.8. The zero-order valence-electron chi connectivity index (χ0n) is 10.2. The maximum Gasteiger partial charge on any atom is 0.127 e. The SMILES string of the molecule is OC1(Cc2ccc(Cl)cc2F)CCN(C2CC2)C1. The third-order valence-electron chi connectivity index (χ3n) is 3.96. The molecular weight excluding hydrogens is 253 g/mol. The summed E-state index contributed by atoms with van der Waals surface area (Å²) in [6.07, 6.45) is 3.58. The van der Waals surface area contributed by atoms with Crippen molar-refractivity contribution >= 4 is 11.6 Å². The van der Waals surface area contributed by atoms with E-state index in [-0.39, 0.29) is 5.82 Å². The lowest BCUT2D eigenvalue weighted by Crippen LogP contribution is -2.36. The van der Waals surface area contributed by atoms with Crippen molar-refractivity contribution in [3.05, 3.63) is 34.6 Å². The van der Waals surface area contributed by atoms with Crippen LogP contribution < -0.4 is 0 Å². The second-order valence-corrected chi connectivity index (χ2v) is 6.02. The molecule has 0 bridgehead atoms. The number of hydrogen-bond acceptors (Lipinski definition) is 2. The first-order valence-corrected chi connectivity index (χ1v) is 6.84. The highest BCUT2D eigenvalue weighted by Crippen LogP contribution is 2.35. The molecule has 4 heteroatoms. The van der Waals surface area contributed by atoms with E-state index in [2.05, 4.69) is 4.90 Å². The predicted octanol–water partition coefficient (Wildman–Crippen LogP) is 2.62. The number of hydrogen-bond donors (Lipinski definition) is 1. The summed E-state index contributed by atoms with van der Waals surface area (Å²) in [6, 6.07) is 5.33. The molecule has 2 fully saturated rings. The van der Waals surface area contributed by atoms with Gasteiger partial charge in [0.1, 0.15) is 5.82 Å². The van der Waals surface area contributed by atoms with Crippen molar-refractivity contribution in [3.8, 4) is 0 Å². The lowest BCUT2D eigenvalue weighted by Gasteiger charge is -2.23. The fourth-order valence-corrected chi connectivity index (χ4v) is 2.96. The Morgan fingerprint density at radius 3 is 2.89 bits per heavy atom. The quantitative estimate of drug-likeness (QED) is 0.912. The first-order chi connectivity index (χ1) is 8.56. The minimum absolute atomic E-state index is 0.319. The van der Waals surface area contributed by atoms with Gasteiger partial charge < -0.3 is 5.11 Å². The van der Waals surface area contributed by atoms with Crippen LogP contribution in [0.3, 0.4) is 0 Å². The van der Waals surface area contributed by atoms with Crippen LogP contribution in [0.1, 0.15) is 24.8 Å². The van der Waals surface area contributed by atoms with Crippen LogP contribution in [0.15, 0.2) is 18.2 Å². The van der Waals surface area contributed by atoms with Gasteiger partial charge in [-0.2, -0.15) is 0 Å². The van der Waals surface area contributed by atoms with E-state index in [1.807, 2.05) is 0 Å². The molecule has 2 aliphatic rings. The van der Waals surface area contributed by atoms with Gasteiger partial charge in [0, 0.05) is 30.6 Å². The van der Waals surface area contributed by atoms with Crippen LogP contribution >= 0.6 is 11.6 Å². The molecule has 18 heavy (non-hydrogen) atoms. The maximum atomic E-state index is 13.7. The first kappa shape index (κ1) is 12.4. The molecule has 1 aliphatic carbocycles. The van der Waals surface area contributed by atoms with Gasteiger partial charge in [0.05, 0.1) is 5.60 Å². The molecule has 0 spiro atoms. The van der Waals surface area contributed by atoms with E-state index < -0.39 is 5.60 Å². The minimum Gasteiger partial charge on any atom is -0.388 e. The summed E-state index contributed by atoms with van der Waals surface area (Å²) in [5, 5.41) is 10.9. The molecule has 0 amide bonds. The van der Waals surface area contributed by atoms with Gasteiger partial charge in [-0.3, -0.25) is 4.90 Å². The van der Waals surface area contributed by atoms with Crippen molar-refractivity contribution in [2.24, 2.45) is 0 Å². The van der Waals surface area contributed by atoms with E-state index in [1.165, 1.54) is 18.9 Å². The van der Waals surface area contributed by atoms with Crippen molar-refractivity contribution in [1.29, 1.82) is 0 Å². The van der Waals surface area contributed by atoms with E-state index >= 15 is 0 Å². The Hall–Kier alpha value is -0.640. The van der Waals surface area contributed by atoms with Crippen molar-refractivity contribution in [2.45, 2.75) is 37.3 Å². The monoisotopic (exact) mass is 269 g/mol. The standard InChI is InChI=1S/C14H17ClFNO/c15-11-2-1-10(13(16)7-11)8-14(18)5-6-17(9-14)12-3-4-12/h1-2,7,12,18H,3-6,8-9H2. The molecule has 1 heterocycles. The largest absolute Gasteiger partial charge is 0.388 e. The van der Waals surface area contributed by atoms with E-state index in [0.717, 1.165) is 13.0 Å².